The molecule has 6 nitrogen and oxygen atoms in total. The van der Waals surface area contributed by atoms with Gasteiger partial charge in [0.1, 0.15) is 5.83 Å². The summed E-state index contributed by atoms with van der Waals surface area (Å²) in [5.41, 5.74) is 7.26. The smallest absolute Gasteiger partial charge is 0.223 e. The van der Waals surface area contributed by atoms with Crippen LogP contribution in [0.4, 0.5) is 4.39 Å². The zero-order valence-corrected chi connectivity index (χ0v) is 23.4. The Morgan fingerprint density at radius 2 is 2.08 bits per heavy atom. The van der Waals surface area contributed by atoms with Crippen LogP contribution in [-0.4, -0.2) is 61.3 Å². The minimum absolute atomic E-state index is 0.0290. The van der Waals surface area contributed by atoms with E-state index in [4.69, 9.17) is 17.3 Å². The summed E-state index contributed by atoms with van der Waals surface area (Å²) in [5, 5.41) is 3.24. The Balaban J connectivity index is 0.000000482. The van der Waals surface area contributed by atoms with Gasteiger partial charge in [-0.25, -0.2) is 4.39 Å². The van der Waals surface area contributed by atoms with Gasteiger partial charge in [0.05, 0.1) is 14.9 Å². The highest BCUT2D eigenvalue weighted by Gasteiger charge is 2.33. The number of thiophene rings is 1. The fraction of sp³-hybridized carbons (Fsp3) is 0.556. The molecule has 0 saturated heterocycles. The first kappa shape index (κ1) is 30.2. The number of nitrogens with two attached hydrogens (primary N) is 1. The predicted octanol–water partition coefficient (Wildman–Crippen LogP) is 5.38. The Morgan fingerprint density at radius 3 is 2.56 bits per heavy atom. The molecule has 2 aliphatic rings. The lowest BCUT2D eigenvalue weighted by Gasteiger charge is -2.29. The molecule has 200 valence electrons. The van der Waals surface area contributed by atoms with Gasteiger partial charge in [-0.15, -0.1) is 11.3 Å². The lowest BCUT2D eigenvalue weighted by Crippen LogP contribution is -2.37. The van der Waals surface area contributed by atoms with E-state index in [1.807, 2.05) is 31.0 Å². The van der Waals surface area contributed by atoms with Crippen LogP contribution in [0.15, 0.2) is 47.6 Å². The third-order valence-electron chi connectivity index (χ3n) is 6.09. The van der Waals surface area contributed by atoms with Crippen molar-refractivity contribution in [2.24, 2.45) is 17.6 Å². The van der Waals surface area contributed by atoms with Crippen LogP contribution < -0.4 is 11.1 Å². The molecule has 1 aromatic heterocycles. The maximum atomic E-state index is 15.2. The molecule has 1 heterocycles. The van der Waals surface area contributed by atoms with E-state index in [2.05, 4.69) is 12.2 Å². The molecule has 2 atom stereocenters. The molecule has 0 spiro atoms. The zero-order valence-electron chi connectivity index (χ0n) is 21.8. The molecule has 2 unspecified atom stereocenters. The van der Waals surface area contributed by atoms with E-state index < -0.39 is 0 Å². The van der Waals surface area contributed by atoms with Crippen LogP contribution >= 0.6 is 22.9 Å². The Labute approximate surface area is 224 Å². The first-order chi connectivity index (χ1) is 17.2. The Kier molecular flexibility index (Phi) is 12.8. The number of hydrogen-bond acceptors (Lipinski definition) is 6. The normalized spacial score (nSPS) is 16.9. The molecule has 1 fully saturated rings. The number of nitrogens with zero attached hydrogens (tertiary/aromatic N) is 2. The quantitative estimate of drug-likeness (QED) is 0.349. The summed E-state index contributed by atoms with van der Waals surface area (Å²) in [5.74, 6) is 0.751. The Hall–Kier alpha value is -2.00. The van der Waals surface area contributed by atoms with Gasteiger partial charge in [-0.05, 0) is 75.9 Å². The molecule has 0 aromatic carbocycles. The van der Waals surface area contributed by atoms with E-state index in [0.29, 0.717) is 46.3 Å². The van der Waals surface area contributed by atoms with E-state index >= 15 is 4.39 Å². The molecule has 1 amide bonds. The fourth-order valence-electron chi connectivity index (χ4n) is 4.31. The number of allylic oxidation sites excluding steroid dienone is 4. The van der Waals surface area contributed by atoms with Crippen molar-refractivity contribution in [2.45, 2.75) is 52.5 Å². The molecule has 2 aliphatic carbocycles. The van der Waals surface area contributed by atoms with Gasteiger partial charge >= 0.3 is 0 Å². The number of nitrogens with one attached hydrogen (secondary N) is 1. The van der Waals surface area contributed by atoms with E-state index in [-0.39, 0.29) is 17.8 Å². The highest BCUT2D eigenvalue weighted by molar-refractivity contribution is 7.17. The van der Waals surface area contributed by atoms with Gasteiger partial charge in [0.15, 0.2) is 6.29 Å². The van der Waals surface area contributed by atoms with Crippen molar-refractivity contribution < 1.29 is 14.0 Å². The number of halogens is 2. The van der Waals surface area contributed by atoms with Gasteiger partial charge in [-0.3, -0.25) is 9.59 Å². The third kappa shape index (κ3) is 9.81. The van der Waals surface area contributed by atoms with Crippen LogP contribution in [0.5, 0.6) is 0 Å². The number of carbonyl (C=O) groups is 2. The summed E-state index contributed by atoms with van der Waals surface area (Å²) >= 11 is 6.78. The second kappa shape index (κ2) is 15.3. The van der Waals surface area contributed by atoms with Crippen LogP contribution in [0.2, 0.25) is 4.34 Å². The minimum Gasteiger partial charge on any atom is -0.368 e. The highest BCUT2D eigenvalue weighted by atomic mass is 35.5. The van der Waals surface area contributed by atoms with Gasteiger partial charge in [-0.1, -0.05) is 24.6 Å². The maximum absolute atomic E-state index is 15.2. The summed E-state index contributed by atoms with van der Waals surface area (Å²) in [6.07, 6.45) is 10.0. The minimum atomic E-state index is -0.291. The lowest BCUT2D eigenvalue weighted by molar-refractivity contribution is -0.127. The first-order valence-corrected chi connectivity index (χ1v) is 13.8. The maximum Gasteiger partial charge on any atom is 0.223 e. The van der Waals surface area contributed by atoms with Gasteiger partial charge in [0.2, 0.25) is 5.91 Å². The summed E-state index contributed by atoms with van der Waals surface area (Å²) in [7, 11) is 1.94. The number of hydrogen-bond donors (Lipinski definition) is 2. The summed E-state index contributed by atoms with van der Waals surface area (Å²) in [6.45, 7) is 8.44. The van der Waals surface area contributed by atoms with Crippen LogP contribution in [0.3, 0.4) is 0 Å². The number of rotatable bonds is 12. The lowest BCUT2D eigenvalue weighted by atomic mass is 10.0. The average molecular weight is 539 g/mol. The average Bonchev–Trinajstić information content (AvgIpc) is 3.61. The van der Waals surface area contributed by atoms with E-state index in [1.54, 1.807) is 30.0 Å². The number of carbonyl (C=O) groups excluding carboxylic acids is 2. The van der Waals surface area contributed by atoms with Gasteiger partial charge in [0.25, 0.3) is 0 Å². The van der Waals surface area contributed by atoms with Crippen LogP contribution in [0.1, 0.15) is 56.1 Å². The van der Waals surface area contributed by atoms with Crippen molar-refractivity contribution in [1.29, 1.82) is 0 Å². The van der Waals surface area contributed by atoms with E-state index in [9.17, 15) is 9.59 Å². The molecule has 36 heavy (non-hydrogen) atoms. The molecule has 9 heteroatoms. The van der Waals surface area contributed by atoms with Crippen molar-refractivity contribution in [3.8, 4) is 0 Å². The standard InChI is InChI=1S/C22H37FN4O.C5H3ClOS/c1-5-11-26(14-16(2)24)22-8-6-7-20(12-21(22)23)27(17(3)28)15-19(13-25-4)18-9-10-18;6-5-2-1-4(3-7)8-5/h6,8,12,16,18-19,25H,5,7,9-11,13-15,24H2,1-4H3;1-3H. The first-order valence-electron chi connectivity index (χ1n) is 12.6. The predicted molar refractivity (Wildman–Crippen MR) is 148 cm³/mol. The molecule has 3 N–H and O–H groups in total. The van der Waals surface area contributed by atoms with Crippen molar-refractivity contribution in [2.75, 3.05) is 33.2 Å². The van der Waals surface area contributed by atoms with Crippen molar-refractivity contribution >= 4 is 35.1 Å². The van der Waals surface area contributed by atoms with Crippen LogP contribution in [-0.2, 0) is 4.79 Å². The van der Waals surface area contributed by atoms with Gasteiger partial charge in [-0.2, -0.15) is 0 Å². The van der Waals surface area contributed by atoms with Crippen molar-refractivity contribution in [3.05, 3.63) is 56.8 Å². The summed E-state index contributed by atoms with van der Waals surface area (Å²) in [4.78, 5) is 26.8. The third-order valence-corrected chi connectivity index (χ3v) is 7.25. The fourth-order valence-corrected chi connectivity index (χ4v) is 5.18. The Bertz CT molecular complexity index is 955. The topological polar surface area (TPSA) is 78.7 Å². The van der Waals surface area contributed by atoms with Crippen LogP contribution in [0.25, 0.3) is 0 Å². The van der Waals surface area contributed by atoms with E-state index in [0.717, 1.165) is 31.5 Å². The van der Waals surface area contributed by atoms with Gasteiger partial charge in [0, 0.05) is 44.7 Å². The molecule has 0 radical (unpaired) electrons. The molecule has 3 rings (SSSR count). The highest BCUT2D eigenvalue weighted by Crippen LogP contribution is 2.38. The van der Waals surface area contributed by atoms with E-state index in [1.165, 1.54) is 24.2 Å². The molecular formula is C27H40ClFN4O2S. The molecule has 1 aromatic rings. The number of amides is 1. The Morgan fingerprint density at radius 1 is 1.36 bits per heavy atom. The van der Waals surface area contributed by atoms with Crippen molar-refractivity contribution in [1.82, 2.24) is 15.1 Å². The molecule has 0 bridgehead atoms. The zero-order chi connectivity index (χ0) is 26.7. The van der Waals surface area contributed by atoms with Crippen molar-refractivity contribution in [3.63, 3.8) is 0 Å². The molecule has 0 aliphatic heterocycles. The summed E-state index contributed by atoms with van der Waals surface area (Å²) < 4.78 is 15.8. The largest absolute Gasteiger partial charge is 0.368 e. The monoisotopic (exact) mass is 538 g/mol. The summed E-state index contributed by atoms with van der Waals surface area (Å²) in [6, 6.07) is 3.36. The molecule has 1 saturated carbocycles. The second-order valence-electron chi connectivity index (χ2n) is 9.44. The second-order valence-corrected chi connectivity index (χ2v) is 11.2. The van der Waals surface area contributed by atoms with Crippen LogP contribution in [0, 0.1) is 11.8 Å². The number of aldehydes is 1. The SMILES string of the molecule is CCCN(CC(C)N)C1=C(F)C=C(N(CC(CNC)C2CC2)C(C)=O)CC=C1.O=Cc1ccc(Cl)s1. The van der Waals surface area contributed by atoms with Gasteiger partial charge < -0.3 is 20.9 Å². The molecular weight excluding hydrogens is 499 g/mol.